The van der Waals surface area contributed by atoms with E-state index in [0.29, 0.717) is 0 Å². The predicted octanol–water partition coefficient (Wildman–Crippen LogP) is 2.25. The molecule has 0 saturated heterocycles. The minimum Gasteiger partial charge on any atom is -0.468 e. The lowest BCUT2D eigenvalue weighted by Gasteiger charge is -2.20. The van der Waals surface area contributed by atoms with Crippen molar-refractivity contribution >= 4 is 5.97 Å². The van der Waals surface area contributed by atoms with Gasteiger partial charge in [-0.15, -0.1) is 0 Å². The second-order valence-corrected chi connectivity index (χ2v) is 4.33. The number of methoxy groups -OCH3 is 1. The average Bonchev–Trinajstić information content (AvgIpc) is 2.31. The van der Waals surface area contributed by atoms with E-state index in [1.807, 2.05) is 13.8 Å². The summed E-state index contributed by atoms with van der Waals surface area (Å²) in [5.41, 5.74) is -0.0768. The van der Waals surface area contributed by atoms with Gasteiger partial charge in [-0.25, -0.2) is 8.78 Å². The maximum absolute atomic E-state index is 13.4. The van der Waals surface area contributed by atoms with Crippen LogP contribution in [0.4, 0.5) is 8.78 Å². The van der Waals surface area contributed by atoms with Gasteiger partial charge >= 0.3 is 5.97 Å². The molecule has 1 N–H and O–H groups in total. The molecule has 0 aliphatic rings. The molecule has 1 atom stereocenters. The fourth-order valence-electron chi connectivity index (χ4n) is 1.63. The highest BCUT2D eigenvalue weighted by Crippen LogP contribution is 2.13. The molecule has 0 radical (unpaired) electrons. The van der Waals surface area contributed by atoms with Crippen molar-refractivity contribution in [1.82, 2.24) is 5.32 Å². The van der Waals surface area contributed by atoms with Crippen LogP contribution in [0.25, 0.3) is 0 Å². The van der Waals surface area contributed by atoms with Crippen molar-refractivity contribution < 1.29 is 18.3 Å². The van der Waals surface area contributed by atoms with Gasteiger partial charge in [0.05, 0.1) is 7.11 Å². The quantitative estimate of drug-likeness (QED) is 0.822. The molecule has 1 aromatic carbocycles. The number of nitrogens with one attached hydrogen (secondary N) is 1. The van der Waals surface area contributed by atoms with Gasteiger partial charge in [-0.2, -0.15) is 0 Å². The van der Waals surface area contributed by atoms with Gasteiger partial charge in [-0.05, 0) is 18.1 Å². The van der Waals surface area contributed by atoms with Crippen LogP contribution in [0, 0.1) is 17.6 Å². The Morgan fingerprint density at radius 3 is 2.33 bits per heavy atom. The van der Waals surface area contributed by atoms with Crippen LogP contribution in [0.5, 0.6) is 0 Å². The Labute approximate surface area is 105 Å². The van der Waals surface area contributed by atoms with Crippen LogP contribution in [0.15, 0.2) is 18.2 Å². The van der Waals surface area contributed by atoms with Gasteiger partial charge in [0, 0.05) is 12.1 Å². The van der Waals surface area contributed by atoms with Gasteiger partial charge in [0.1, 0.15) is 17.7 Å². The first kappa shape index (κ1) is 14.6. The molecule has 0 aliphatic carbocycles. The summed E-state index contributed by atoms with van der Waals surface area (Å²) < 4.78 is 31.4. The van der Waals surface area contributed by atoms with Crippen LogP contribution in [-0.2, 0) is 16.1 Å². The standard InChI is InChI=1S/C13H17F2NO2/c1-8(2)12(13(17)18-3)16-7-9-10(14)5-4-6-11(9)15/h4-6,8,12,16H,7H2,1-3H3. The second-order valence-electron chi connectivity index (χ2n) is 4.33. The molecule has 3 nitrogen and oxygen atoms in total. The topological polar surface area (TPSA) is 38.3 Å². The third-order valence-corrected chi connectivity index (χ3v) is 2.68. The number of benzene rings is 1. The number of carbonyl (C=O) groups is 1. The Kier molecular flexibility index (Phi) is 5.22. The largest absolute Gasteiger partial charge is 0.468 e. The van der Waals surface area contributed by atoms with Crippen molar-refractivity contribution in [3.05, 3.63) is 35.4 Å². The summed E-state index contributed by atoms with van der Waals surface area (Å²) in [5, 5.41) is 2.81. The summed E-state index contributed by atoms with van der Waals surface area (Å²) in [7, 11) is 1.28. The normalized spacial score (nSPS) is 12.6. The molecule has 100 valence electrons. The zero-order valence-corrected chi connectivity index (χ0v) is 10.7. The summed E-state index contributed by atoms with van der Waals surface area (Å²) in [6.45, 7) is 3.59. The zero-order valence-electron chi connectivity index (χ0n) is 10.7. The lowest BCUT2D eigenvalue weighted by molar-refractivity contribution is -0.144. The molecule has 18 heavy (non-hydrogen) atoms. The van der Waals surface area contributed by atoms with Gasteiger partial charge in [0.2, 0.25) is 0 Å². The van der Waals surface area contributed by atoms with Gasteiger partial charge in [-0.3, -0.25) is 10.1 Å². The van der Waals surface area contributed by atoms with Gasteiger partial charge < -0.3 is 4.74 Å². The van der Waals surface area contributed by atoms with Crippen molar-refractivity contribution in [1.29, 1.82) is 0 Å². The highest BCUT2D eigenvalue weighted by atomic mass is 19.1. The lowest BCUT2D eigenvalue weighted by Crippen LogP contribution is -2.41. The predicted molar refractivity (Wildman–Crippen MR) is 63.8 cm³/mol. The van der Waals surface area contributed by atoms with Gasteiger partial charge in [-0.1, -0.05) is 19.9 Å². The molecule has 5 heteroatoms. The number of rotatable bonds is 5. The molecule has 1 rings (SSSR count). The first-order chi connectivity index (χ1) is 8.47. The maximum Gasteiger partial charge on any atom is 0.323 e. The lowest BCUT2D eigenvalue weighted by atomic mass is 10.0. The summed E-state index contributed by atoms with van der Waals surface area (Å²) in [4.78, 5) is 11.5. The Hall–Kier alpha value is -1.49. The fourth-order valence-corrected chi connectivity index (χ4v) is 1.63. The van der Waals surface area contributed by atoms with Crippen LogP contribution in [0.3, 0.4) is 0 Å². The van der Waals surface area contributed by atoms with Crippen LogP contribution in [-0.4, -0.2) is 19.1 Å². The van der Waals surface area contributed by atoms with Crippen molar-refractivity contribution in [2.24, 2.45) is 5.92 Å². The molecule has 0 bridgehead atoms. The molecule has 0 heterocycles. The molecule has 0 amide bonds. The van der Waals surface area contributed by atoms with Gasteiger partial charge in [0.25, 0.3) is 0 Å². The third-order valence-electron chi connectivity index (χ3n) is 2.68. The van der Waals surface area contributed by atoms with Crippen LogP contribution >= 0.6 is 0 Å². The molecular formula is C13H17F2NO2. The van der Waals surface area contributed by atoms with Crippen LogP contribution in [0.1, 0.15) is 19.4 Å². The fraction of sp³-hybridized carbons (Fsp3) is 0.462. The number of halogens is 2. The highest BCUT2D eigenvalue weighted by molar-refractivity contribution is 5.75. The first-order valence-corrected chi connectivity index (χ1v) is 5.71. The molecular weight excluding hydrogens is 240 g/mol. The summed E-state index contributed by atoms with van der Waals surface area (Å²) in [6, 6.07) is 3.08. The Bertz CT molecular complexity index is 401. The van der Waals surface area contributed by atoms with Crippen molar-refractivity contribution in [3.63, 3.8) is 0 Å². The smallest absolute Gasteiger partial charge is 0.323 e. The van der Waals surface area contributed by atoms with E-state index < -0.39 is 23.6 Å². The van der Waals surface area contributed by atoms with Crippen LogP contribution < -0.4 is 5.32 Å². The van der Waals surface area contributed by atoms with E-state index in [2.05, 4.69) is 10.1 Å². The second kappa shape index (κ2) is 6.44. The number of hydrogen-bond donors (Lipinski definition) is 1. The van der Waals surface area contributed by atoms with E-state index in [0.717, 1.165) is 0 Å². The zero-order chi connectivity index (χ0) is 13.7. The van der Waals surface area contributed by atoms with E-state index >= 15 is 0 Å². The Balaban J connectivity index is 2.76. The van der Waals surface area contributed by atoms with Crippen molar-refractivity contribution in [2.75, 3.05) is 7.11 Å². The van der Waals surface area contributed by atoms with E-state index in [1.54, 1.807) is 0 Å². The minimum atomic E-state index is -0.630. The molecule has 0 aliphatic heterocycles. The maximum atomic E-state index is 13.4. The number of esters is 1. The molecule has 0 saturated carbocycles. The molecule has 1 aromatic rings. The summed E-state index contributed by atoms with van der Waals surface area (Å²) in [6.07, 6.45) is 0. The van der Waals surface area contributed by atoms with Crippen molar-refractivity contribution in [3.8, 4) is 0 Å². The van der Waals surface area contributed by atoms with E-state index in [-0.39, 0.29) is 18.0 Å². The summed E-state index contributed by atoms with van der Waals surface area (Å²) >= 11 is 0. The Morgan fingerprint density at radius 1 is 1.33 bits per heavy atom. The number of carbonyl (C=O) groups excluding carboxylic acids is 1. The third kappa shape index (κ3) is 3.50. The number of hydrogen-bond acceptors (Lipinski definition) is 3. The minimum absolute atomic E-state index is 0.0349. The molecule has 1 unspecified atom stereocenters. The molecule has 0 spiro atoms. The number of ether oxygens (including phenoxy) is 1. The highest BCUT2D eigenvalue weighted by Gasteiger charge is 2.23. The Morgan fingerprint density at radius 2 is 1.89 bits per heavy atom. The first-order valence-electron chi connectivity index (χ1n) is 5.71. The van der Waals surface area contributed by atoms with E-state index in [1.165, 1.54) is 25.3 Å². The SMILES string of the molecule is COC(=O)C(NCc1c(F)cccc1F)C(C)C. The molecule has 0 aromatic heterocycles. The summed E-state index contributed by atoms with van der Waals surface area (Å²) in [5.74, 6) is -1.74. The molecule has 0 fully saturated rings. The van der Waals surface area contributed by atoms with E-state index in [4.69, 9.17) is 0 Å². The average molecular weight is 257 g/mol. The monoisotopic (exact) mass is 257 g/mol. The van der Waals surface area contributed by atoms with Crippen LogP contribution in [0.2, 0.25) is 0 Å². The van der Waals surface area contributed by atoms with E-state index in [9.17, 15) is 13.6 Å². The van der Waals surface area contributed by atoms with Gasteiger partial charge in [0.15, 0.2) is 0 Å². The van der Waals surface area contributed by atoms with Crippen molar-refractivity contribution in [2.45, 2.75) is 26.4 Å².